The van der Waals surface area contributed by atoms with E-state index < -0.39 is 10.2 Å². The highest BCUT2D eigenvalue weighted by Crippen LogP contribution is 2.21. The van der Waals surface area contributed by atoms with E-state index in [1.54, 1.807) is 13.8 Å². The molecule has 0 spiro atoms. The van der Waals surface area contributed by atoms with Gasteiger partial charge in [0.2, 0.25) is 5.91 Å². The minimum absolute atomic E-state index is 0.0615. The fourth-order valence-corrected chi connectivity index (χ4v) is 4.19. The van der Waals surface area contributed by atoms with Crippen LogP contribution in [0.3, 0.4) is 0 Å². The molecule has 0 unspecified atom stereocenters. The van der Waals surface area contributed by atoms with Crippen molar-refractivity contribution >= 4 is 16.1 Å². The SMILES string of the molecule is CC(C)NS(=O)(=O)N1CCC(C(=O)N2CCOCC2)CC1. The van der Waals surface area contributed by atoms with Gasteiger partial charge in [0.25, 0.3) is 10.2 Å². The fraction of sp³-hybridized carbons (Fsp3) is 0.923. The third kappa shape index (κ3) is 4.38. The Labute approximate surface area is 126 Å². The Bertz CT molecular complexity index is 452. The summed E-state index contributed by atoms with van der Waals surface area (Å²) in [5.41, 5.74) is 0. The van der Waals surface area contributed by atoms with Crippen molar-refractivity contribution < 1.29 is 17.9 Å². The van der Waals surface area contributed by atoms with Gasteiger partial charge in [-0.3, -0.25) is 4.79 Å². The summed E-state index contributed by atoms with van der Waals surface area (Å²) in [6.07, 6.45) is 1.18. The summed E-state index contributed by atoms with van der Waals surface area (Å²) in [7, 11) is -3.42. The van der Waals surface area contributed by atoms with E-state index in [0.29, 0.717) is 52.2 Å². The Hall–Kier alpha value is -0.700. The van der Waals surface area contributed by atoms with Crippen LogP contribution in [-0.2, 0) is 19.7 Å². The molecule has 7 nitrogen and oxygen atoms in total. The molecule has 0 radical (unpaired) electrons. The van der Waals surface area contributed by atoms with E-state index >= 15 is 0 Å². The molecular formula is C13H25N3O4S. The molecule has 2 rings (SSSR count). The maximum absolute atomic E-state index is 12.4. The second kappa shape index (κ2) is 7.04. The molecule has 0 aliphatic carbocycles. The molecule has 2 heterocycles. The monoisotopic (exact) mass is 319 g/mol. The van der Waals surface area contributed by atoms with Crippen LogP contribution in [0.1, 0.15) is 26.7 Å². The molecule has 2 aliphatic heterocycles. The Morgan fingerprint density at radius 3 is 2.24 bits per heavy atom. The van der Waals surface area contributed by atoms with E-state index in [2.05, 4.69) is 4.72 Å². The summed E-state index contributed by atoms with van der Waals surface area (Å²) < 4.78 is 33.4. The van der Waals surface area contributed by atoms with E-state index in [1.165, 1.54) is 4.31 Å². The van der Waals surface area contributed by atoms with Crippen LogP contribution >= 0.6 is 0 Å². The van der Waals surface area contributed by atoms with E-state index in [-0.39, 0.29) is 17.9 Å². The van der Waals surface area contributed by atoms with Crippen LogP contribution in [0, 0.1) is 5.92 Å². The van der Waals surface area contributed by atoms with Gasteiger partial charge in [0, 0.05) is 38.1 Å². The molecule has 2 saturated heterocycles. The van der Waals surface area contributed by atoms with E-state index in [1.807, 2.05) is 4.90 Å². The average Bonchev–Trinajstić information content (AvgIpc) is 2.46. The van der Waals surface area contributed by atoms with Crippen molar-refractivity contribution in [1.29, 1.82) is 0 Å². The Balaban J connectivity index is 1.86. The summed E-state index contributed by atoms with van der Waals surface area (Å²) in [6, 6.07) is -0.122. The zero-order chi connectivity index (χ0) is 15.5. The van der Waals surface area contributed by atoms with E-state index in [9.17, 15) is 13.2 Å². The molecule has 0 aromatic heterocycles. The van der Waals surface area contributed by atoms with Crippen molar-refractivity contribution in [3.8, 4) is 0 Å². The standard InChI is InChI=1S/C13H25N3O4S/c1-11(2)14-21(18,19)16-5-3-12(4-6-16)13(17)15-7-9-20-10-8-15/h11-12,14H,3-10H2,1-2H3. The van der Waals surface area contributed by atoms with Gasteiger partial charge in [-0.05, 0) is 26.7 Å². The topological polar surface area (TPSA) is 79.0 Å². The molecule has 122 valence electrons. The number of carbonyl (C=O) groups is 1. The number of hydrogen-bond acceptors (Lipinski definition) is 4. The predicted octanol–water partition coefficient (Wildman–Crippen LogP) is -0.200. The van der Waals surface area contributed by atoms with Crippen LogP contribution in [0.2, 0.25) is 0 Å². The smallest absolute Gasteiger partial charge is 0.279 e. The van der Waals surface area contributed by atoms with Gasteiger partial charge >= 0.3 is 0 Å². The van der Waals surface area contributed by atoms with E-state index in [4.69, 9.17) is 4.74 Å². The van der Waals surface area contributed by atoms with Gasteiger partial charge in [0.1, 0.15) is 0 Å². The Kier molecular flexibility index (Phi) is 5.59. The van der Waals surface area contributed by atoms with Crippen molar-refractivity contribution in [3.05, 3.63) is 0 Å². The number of hydrogen-bond donors (Lipinski definition) is 1. The van der Waals surface area contributed by atoms with Crippen molar-refractivity contribution in [3.63, 3.8) is 0 Å². The van der Waals surface area contributed by atoms with E-state index in [0.717, 1.165) is 0 Å². The Morgan fingerprint density at radius 1 is 1.14 bits per heavy atom. The normalized spacial score (nSPS) is 22.7. The highest BCUT2D eigenvalue weighted by atomic mass is 32.2. The summed E-state index contributed by atoms with van der Waals surface area (Å²) in [6.45, 7) is 6.89. The molecular weight excluding hydrogens is 294 g/mol. The number of piperidine rings is 1. The quantitative estimate of drug-likeness (QED) is 0.778. The van der Waals surface area contributed by atoms with Crippen molar-refractivity contribution in [1.82, 2.24) is 13.9 Å². The molecule has 1 N–H and O–H groups in total. The lowest BCUT2D eigenvalue weighted by atomic mass is 9.96. The van der Waals surface area contributed by atoms with Gasteiger partial charge in [-0.1, -0.05) is 0 Å². The Morgan fingerprint density at radius 2 is 1.71 bits per heavy atom. The largest absolute Gasteiger partial charge is 0.378 e. The second-order valence-electron chi connectivity index (χ2n) is 5.89. The molecule has 2 aliphatic rings. The van der Waals surface area contributed by atoms with Crippen molar-refractivity contribution in [2.45, 2.75) is 32.7 Å². The summed E-state index contributed by atoms with van der Waals surface area (Å²) >= 11 is 0. The third-order valence-electron chi connectivity index (χ3n) is 3.85. The first kappa shape index (κ1) is 16.7. The first-order valence-corrected chi connectivity index (χ1v) is 8.98. The van der Waals surface area contributed by atoms with Crippen LogP contribution < -0.4 is 4.72 Å². The lowest BCUT2D eigenvalue weighted by molar-refractivity contribution is -0.140. The van der Waals surface area contributed by atoms with Gasteiger partial charge in [-0.15, -0.1) is 0 Å². The molecule has 0 saturated carbocycles. The highest BCUT2D eigenvalue weighted by molar-refractivity contribution is 7.87. The predicted molar refractivity (Wildman–Crippen MR) is 78.9 cm³/mol. The molecule has 0 aromatic carbocycles. The molecule has 0 bridgehead atoms. The number of ether oxygens (including phenoxy) is 1. The van der Waals surface area contributed by atoms with Gasteiger partial charge in [0.15, 0.2) is 0 Å². The van der Waals surface area contributed by atoms with Crippen LogP contribution in [0.25, 0.3) is 0 Å². The zero-order valence-corrected chi connectivity index (χ0v) is 13.6. The minimum atomic E-state index is -3.42. The molecule has 21 heavy (non-hydrogen) atoms. The average molecular weight is 319 g/mol. The second-order valence-corrected chi connectivity index (χ2v) is 7.59. The van der Waals surface area contributed by atoms with Gasteiger partial charge in [-0.2, -0.15) is 17.4 Å². The maximum atomic E-state index is 12.4. The summed E-state index contributed by atoms with van der Waals surface area (Å²) in [5, 5.41) is 0. The number of nitrogens with zero attached hydrogens (tertiary/aromatic N) is 2. The first-order chi connectivity index (χ1) is 9.90. The lowest BCUT2D eigenvalue weighted by Gasteiger charge is -2.35. The van der Waals surface area contributed by atoms with Crippen LogP contribution in [0.5, 0.6) is 0 Å². The molecule has 2 fully saturated rings. The van der Waals surface area contributed by atoms with Crippen LogP contribution in [0.4, 0.5) is 0 Å². The molecule has 1 amide bonds. The first-order valence-electron chi connectivity index (χ1n) is 7.54. The maximum Gasteiger partial charge on any atom is 0.279 e. The molecule has 0 atom stereocenters. The summed E-state index contributed by atoms with van der Waals surface area (Å²) in [5.74, 6) is 0.0840. The third-order valence-corrected chi connectivity index (χ3v) is 5.66. The number of nitrogens with one attached hydrogen (secondary N) is 1. The van der Waals surface area contributed by atoms with Crippen LogP contribution in [-0.4, -0.2) is 69.0 Å². The minimum Gasteiger partial charge on any atom is -0.378 e. The molecule has 0 aromatic rings. The zero-order valence-electron chi connectivity index (χ0n) is 12.7. The lowest BCUT2D eigenvalue weighted by Crippen LogP contribution is -2.50. The summed E-state index contributed by atoms with van der Waals surface area (Å²) in [4.78, 5) is 14.2. The number of carbonyl (C=O) groups excluding carboxylic acids is 1. The molecule has 8 heteroatoms. The highest BCUT2D eigenvalue weighted by Gasteiger charge is 2.33. The van der Waals surface area contributed by atoms with Gasteiger partial charge in [-0.25, -0.2) is 0 Å². The van der Waals surface area contributed by atoms with Gasteiger partial charge in [0.05, 0.1) is 13.2 Å². The number of morpholine rings is 1. The fourth-order valence-electron chi connectivity index (χ4n) is 2.76. The number of rotatable bonds is 4. The van der Waals surface area contributed by atoms with Crippen molar-refractivity contribution in [2.75, 3.05) is 39.4 Å². The van der Waals surface area contributed by atoms with Gasteiger partial charge < -0.3 is 9.64 Å². The number of amides is 1. The van der Waals surface area contributed by atoms with Crippen molar-refractivity contribution in [2.24, 2.45) is 5.92 Å². The van der Waals surface area contributed by atoms with Crippen LogP contribution in [0.15, 0.2) is 0 Å².